The number of pyridine rings is 1. The molecule has 0 aliphatic carbocycles. The summed E-state index contributed by atoms with van der Waals surface area (Å²) in [6, 6.07) is 2.48. The first-order valence-corrected chi connectivity index (χ1v) is 6.38. The van der Waals surface area contributed by atoms with Gasteiger partial charge in [0.25, 0.3) is 0 Å². The Morgan fingerprint density at radius 2 is 1.95 bits per heavy atom. The Labute approximate surface area is 128 Å². The van der Waals surface area contributed by atoms with Gasteiger partial charge in [0.05, 0.1) is 10.6 Å². The number of H-pyrrole nitrogens is 1. The zero-order chi connectivity index (χ0) is 15.1. The zero-order valence-corrected chi connectivity index (χ0v) is 12.3. The van der Waals surface area contributed by atoms with Crippen molar-refractivity contribution in [3.8, 4) is 17.5 Å². The highest BCUT2D eigenvalue weighted by molar-refractivity contribution is 9.10. The molecular weight excluding hydrogens is 384 g/mol. The second kappa shape index (κ2) is 5.24. The third kappa shape index (κ3) is 2.61. The van der Waals surface area contributed by atoms with Crippen molar-refractivity contribution in [2.75, 3.05) is 0 Å². The van der Waals surface area contributed by atoms with E-state index in [0.717, 1.165) is 0 Å². The van der Waals surface area contributed by atoms with E-state index in [1.165, 1.54) is 0 Å². The van der Waals surface area contributed by atoms with E-state index in [0.29, 0.717) is 6.07 Å². The van der Waals surface area contributed by atoms with Crippen LogP contribution >= 0.6 is 39.1 Å². The first-order valence-electron chi connectivity index (χ1n) is 4.83. The molecule has 0 amide bonds. The molecule has 4 nitrogen and oxygen atoms in total. The fourth-order valence-corrected chi connectivity index (χ4v) is 2.28. The quantitative estimate of drug-likeness (QED) is 0.738. The molecule has 0 saturated carbocycles. The Morgan fingerprint density at radius 1 is 1.30 bits per heavy atom. The molecule has 1 N–H and O–H groups in total. The van der Waals surface area contributed by atoms with Gasteiger partial charge in [-0.25, -0.2) is 4.98 Å². The number of halogens is 6. The number of alkyl halides is 3. The normalized spacial score (nSPS) is 11.4. The molecule has 0 bridgehead atoms. The number of rotatable bonds is 1. The lowest BCUT2D eigenvalue weighted by Crippen LogP contribution is -2.07. The molecule has 0 radical (unpaired) electrons. The van der Waals surface area contributed by atoms with Gasteiger partial charge in [0.15, 0.2) is 0 Å². The smallest absolute Gasteiger partial charge is 0.269 e. The molecule has 0 fully saturated rings. The van der Waals surface area contributed by atoms with E-state index in [1.807, 2.05) is 6.07 Å². The number of aromatic amines is 1. The van der Waals surface area contributed by atoms with Crippen molar-refractivity contribution in [3.63, 3.8) is 0 Å². The molecule has 0 unspecified atom stereocenters. The Kier molecular flexibility index (Phi) is 3.95. The number of nitrogens with one attached hydrogen (secondary N) is 1. The summed E-state index contributed by atoms with van der Waals surface area (Å²) in [7, 11) is 0. The van der Waals surface area contributed by atoms with Crippen LogP contribution in [0.25, 0.3) is 11.4 Å². The van der Waals surface area contributed by atoms with E-state index in [1.54, 1.807) is 0 Å². The number of aromatic nitrogens is 3. The van der Waals surface area contributed by atoms with E-state index in [-0.39, 0.29) is 26.6 Å². The van der Waals surface area contributed by atoms with Gasteiger partial charge >= 0.3 is 6.18 Å². The summed E-state index contributed by atoms with van der Waals surface area (Å²) >= 11 is 14.3. The van der Waals surface area contributed by atoms with Crippen LogP contribution in [-0.2, 0) is 6.18 Å². The Morgan fingerprint density at radius 3 is 2.50 bits per heavy atom. The lowest BCUT2D eigenvalue weighted by atomic mass is 10.1. The third-order valence-corrected chi connectivity index (χ3v) is 3.44. The third-order valence-electron chi connectivity index (χ3n) is 2.29. The van der Waals surface area contributed by atoms with Crippen molar-refractivity contribution in [1.29, 1.82) is 5.26 Å². The van der Waals surface area contributed by atoms with Crippen LogP contribution in [0.3, 0.4) is 0 Å². The highest BCUT2D eigenvalue weighted by Gasteiger charge is 2.35. The largest absolute Gasteiger partial charge is 0.419 e. The number of hydrogen-bond acceptors (Lipinski definition) is 3. The highest BCUT2D eigenvalue weighted by atomic mass is 79.9. The maximum atomic E-state index is 12.6. The van der Waals surface area contributed by atoms with Crippen LogP contribution in [0.15, 0.2) is 10.7 Å². The topological polar surface area (TPSA) is 65.4 Å². The SMILES string of the molecule is N#Cc1c(-c2nc(Cl)c(C(F)(F)F)cc2Cl)n[nH]c1Br. The first kappa shape index (κ1) is 15.1. The minimum atomic E-state index is -4.67. The van der Waals surface area contributed by atoms with Crippen LogP contribution in [0.4, 0.5) is 13.2 Å². The van der Waals surface area contributed by atoms with Crippen molar-refractivity contribution >= 4 is 39.1 Å². The molecule has 0 saturated heterocycles. The van der Waals surface area contributed by atoms with E-state index < -0.39 is 16.9 Å². The Balaban J connectivity index is 2.66. The van der Waals surface area contributed by atoms with E-state index in [2.05, 4.69) is 31.1 Å². The summed E-state index contributed by atoms with van der Waals surface area (Å²) < 4.78 is 38.2. The number of nitrogens with zero attached hydrogens (tertiary/aromatic N) is 3. The fourth-order valence-electron chi connectivity index (χ4n) is 1.43. The van der Waals surface area contributed by atoms with E-state index in [9.17, 15) is 13.2 Å². The minimum absolute atomic E-state index is 0.0139. The molecule has 2 aromatic rings. The summed E-state index contributed by atoms with van der Waals surface area (Å²) in [5, 5.41) is 14.1. The van der Waals surface area contributed by atoms with Crippen molar-refractivity contribution in [2.45, 2.75) is 6.18 Å². The molecule has 2 rings (SSSR count). The van der Waals surface area contributed by atoms with Gasteiger partial charge in [-0.1, -0.05) is 23.2 Å². The van der Waals surface area contributed by atoms with Crippen LogP contribution in [0.1, 0.15) is 11.1 Å². The fraction of sp³-hybridized carbons (Fsp3) is 0.100. The molecule has 104 valence electrons. The average molecular weight is 386 g/mol. The molecule has 2 aromatic heterocycles. The van der Waals surface area contributed by atoms with Crippen LogP contribution in [0, 0.1) is 11.3 Å². The number of nitriles is 1. The van der Waals surface area contributed by atoms with Gasteiger partial charge in [-0.3, -0.25) is 5.10 Å². The van der Waals surface area contributed by atoms with Crippen molar-refractivity contribution in [2.24, 2.45) is 0 Å². The molecule has 0 aliphatic rings. The van der Waals surface area contributed by atoms with Gasteiger partial charge in [0.1, 0.15) is 32.8 Å². The van der Waals surface area contributed by atoms with Crippen LogP contribution in [0.5, 0.6) is 0 Å². The van der Waals surface area contributed by atoms with Gasteiger partial charge in [0.2, 0.25) is 0 Å². The monoisotopic (exact) mass is 384 g/mol. The van der Waals surface area contributed by atoms with Crippen molar-refractivity contribution < 1.29 is 13.2 Å². The summed E-state index contributed by atoms with van der Waals surface area (Å²) in [4.78, 5) is 3.59. The molecular formula is C10H2BrCl2F3N4. The van der Waals surface area contributed by atoms with Crippen molar-refractivity contribution in [3.05, 3.63) is 32.0 Å². The second-order valence-electron chi connectivity index (χ2n) is 3.53. The Bertz CT molecular complexity index is 721. The van der Waals surface area contributed by atoms with Crippen LogP contribution in [0.2, 0.25) is 10.2 Å². The predicted molar refractivity (Wildman–Crippen MR) is 69.3 cm³/mol. The number of hydrogen-bond donors (Lipinski definition) is 1. The summed E-state index contributed by atoms with van der Waals surface area (Å²) in [5.74, 6) is 0. The molecule has 0 aliphatic heterocycles. The van der Waals surface area contributed by atoms with Gasteiger partial charge in [-0.2, -0.15) is 23.5 Å². The minimum Gasteiger partial charge on any atom is -0.269 e. The first-order chi connectivity index (χ1) is 9.25. The molecule has 2 heterocycles. The molecule has 0 spiro atoms. The summed E-state index contributed by atoms with van der Waals surface area (Å²) in [6.45, 7) is 0. The van der Waals surface area contributed by atoms with E-state index in [4.69, 9.17) is 28.5 Å². The summed E-state index contributed by atoms with van der Waals surface area (Å²) in [6.07, 6.45) is -4.67. The summed E-state index contributed by atoms with van der Waals surface area (Å²) in [5.41, 5.74) is -1.18. The standard InChI is InChI=1S/C10H2BrCl2F3N4/c11-8-3(2-17)6(19-20-8)7-5(12)1-4(9(13)18-7)10(14,15)16/h1H,(H,19,20). The maximum absolute atomic E-state index is 12.6. The predicted octanol–water partition coefficient (Wildman–Crippen LogP) is 4.43. The van der Waals surface area contributed by atoms with E-state index >= 15 is 0 Å². The highest BCUT2D eigenvalue weighted by Crippen LogP contribution is 2.39. The molecule has 10 heteroatoms. The average Bonchev–Trinajstić information content (AvgIpc) is 2.71. The van der Waals surface area contributed by atoms with Gasteiger partial charge in [0, 0.05) is 0 Å². The molecule has 20 heavy (non-hydrogen) atoms. The van der Waals surface area contributed by atoms with Gasteiger partial charge in [-0.15, -0.1) is 0 Å². The van der Waals surface area contributed by atoms with Crippen LogP contribution in [-0.4, -0.2) is 15.2 Å². The Hall–Kier alpha value is -1.30. The van der Waals surface area contributed by atoms with Crippen LogP contribution < -0.4 is 0 Å². The second-order valence-corrected chi connectivity index (χ2v) is 5.09. The van der Waals surface area contributed by atoms with Crippen molar-refractivity contribution in [1.82, 2.24) is 15.2 Å². The van der Waals surface area contributed by atoms with Gasteiger partial charge < -0.3 is 0 Å². The lowest BCUT2D eigenvalue weighted by Gasteiger charge is -2.10. The maximum Gasteiger partial charge on any atom is 0.419 e. The lowest BCUT2D eigenvalue weighted by molar-refractivity contribution is -0.137. The molecule has 0 atom stereocenters. The zero-order valence-electron chi connectivity index (χ0n) is 9.19. The molecule has 0 aromatic carbocycles. The van der Waals surface area contributed by atoms with Gasteiger partial charge in [-0.05, 0) is 22.0 Å².